The fourth-order valence-corrected chi connectivity index (χ4v) is 2.39. The van der Waals surface area contributed by atoms with Crippen LogP contribution < -0.4 is 10.2 Å². The van der Waals surface area contributed by atoms with E-state index in [-0.39, 0.29) is 5.91 Å². The maximum absolute atomic E-state index is 11.8. The van der Waals surface area contributed by atoms with Gasteiger partial charge >= 0.3 is 6.03 Å². The summed E-state index contributed by atoms with van der Waals surface area (Å²) in [6.07, 6.45) is 1.69. The molecule has 2 saturated heterocycles. The van der Waals surface area contributed by atoms with E-state index in [1.165, 1.54) is 7.05 Å². The summed E-state index contributed by atoms with van der Waals surface area (Å²) in [5.41, 5.74) is 2.33. The van der Waals surface area contributed by atoms with Crippen LogP contribution in [0.4, 0.5) is 10.5 Å². The van der Waals surface area contributed by atoms with E-state index in [1.54, 1.807) is 6.08 Å². The third-order valence-corrected chi connectivity index (χ3v) is 3.66. The molecule has 3 amide bonds. The third kappa shape index (κ3) is 2.75. The van der Waals surface area contributed by atoms with Gasteiger partial charge in [0.15, 0.2) is 0 Å². The number of carbonyl (C=O) groups excluding carboxylic acids is 2. The molecule has 3 rings (SSSR count). The lowest BCUT2D eigenvalue weighted by molar-refractivity contribution is -0.121. The molecule has 2 aliphatic heterocycles. The molecule has 0 atom stereocenters. The number of morpholine rings is 1. The van der Waals surface area contributed by atoms with Crippen molar-refractivity contribution in [2.45, 2.75) is 0 Å². The van der Waals surface area contributed by atoms with Gasteiger partial charge in [0.05, 0.1) is 13.2 Å². The lowest BCUT2D eigenvalue weighted by Crippen LogP contribution is -2.36. The average Bonchev–Trinajstić information content (AvgIpc) is 2.76. The fourth-order valence-electron chi connectivity index (χ4n) is 2.39. The van der Waals surface area contributed by atoms with Gasteiger partial charge in [0.2, 0.25) is 0 Å². The first kappa shape index (κ1) is 13.6. The molecule has 0 aromatic heterocycles. The van der Waals surface area contributed by atoms with Crippen LogP contribution in [0.15, 0.2) is 30.0 Å². The molecule has 0 saturated carbocycles. The molecule has 2 heterocycles. The van der Waals surface area contributed by atoms with E-state index in [0.29, 0.717) is 5.70 Å². The monoisotopic (exact) mass is 287 g/mol. The Morgan fingerprint density at radius 2 is 1.81 bits per heavy atom. The van der Waals surface area contributed by atoms with Gasteiger partial charge in [0, 0.05) is 25.8 Å². The Hall–Kier alpha value is -2.34. The van der Waals surface area contributed by atoms with Crippen molar-refractivity contribution < 1.29 is 14.3 Å². The van der Waals surface area contributed by atoms with Gasteiger partial charge in [-0.05, 0) is 23.8 Å². The van der Waals surface area contributed by atoms with Crippen molar-refractivity contribution >= 4 is 23.7 Å². The molecule has 0 unspecified atom stereocenters. The smallest absolute Gasteiger partial charge is 0.328 e. The van der Waals surface area contributed by atoms with Crippen molar-refractivity contribution in [2.75, 3.05) is 38.3 Å². The minimum atomic E-state index is -0.392. The molecule has 0 bridgehead atoms. The summed E-state index contributed by atoms with van der Waals surface area (Å²) in [6.45, 7) is 3.27. The molecule has 1 N–H and O–H groups in total. The maximum atomic E-state index is 11.8. The van der Waals surface area contributed by atoms with Crippen LogP contribution in [0.25, 0.3) is 6.08 Å². The number of nitrogens with zero attached hydrogens (tertiary/aromatic N) is 2. The Morgan fingerprint density at radius 3 is 2.38 bits per heavy atom. The van der Waals surface area contributed by atoms with Crippen LogP contribution in [-0.2, 0) is 9.53 Å². The summed E-state index contributed by atoms with van der Waals surface area (Å²) < 4.78 is 5.33. The summed E-state index contributed by atoms with van der Waals surface area (Å²) in [6, 6.07) is 7.52. The highest BCUT2D eigenvalue weighted by Gasteiger charge is 2.29. The van der Waals surface area contributed by atoms with Gasteiger partial charge in [0.25, 0.3) is 5.91 Å². The molecular formula is C15H17N3O3. The van der Waals surface area contributed by atoms with E-state index in [2.05, 4.69) is 10.2 Å². The molecule has 21 heavy (non-hydrogen) atoms. The van der Waals surface area contributed by atoms with E-state index in [9.17, 15) is 9.59 Å². The highest BCUT2D eigenvalue weighted by Crippen LogP contribution is 2.19. The Kier molecular flexibility index (Phi) is 3.62. The molecular weight excluding hydrogens is 270 g/mol. The van der Waals surface area contributed by atoms with Crippen LogP contribution in [0.5, 0.6) is 0 Å². The van der Waals surface area contributed by atoms with Crippen LogP contribution in [0.3, 0.4) is 0 Å². The van der Waals surface area contributed by atoms with Gasteiger partial charge < -0.3 is 15.0 Å². The first-order valence-corrected chi connectivity index (χ1v) is 6.88. The van der Waals surface area contributed by atoms with Crippen molar-refractivity contribution in [3.8, 4) is 0 Å². The molecule has 0 radical (unpaired) electrons. The van der Waals surface area contributed by atoms with Gasteiger partial charge in [-0.1, -0.05) is 12.1 Å². The Morgan fingerprint density at radius 1 is 1.14 bits per heavy atom. The molecule has 0 spiro atoms. The van der Waals surface area contributed by atoms with E-state index in [0.717, 1.165) is 42.5 Å². The number of nitrogens with one attached hydrogen (secondary N) is 1. The first-order valence-electron chi connectivity index (χ1n) is 6.88. The zero-order valence-corrected chi connectivity index (χ0v) is 11.8. The second-order valence-electron chi connectivity index (χ2n) is 5.04. The van der Waals surface area contributed by atoms with Crippen molar-refractivity contribution in [3.63, 3.8) is 0 Å². The summed E-state index contributed by atoms with van der Waals surface area (Å²) >= 11 is 0. The van der Waals surface area contributed by atoms with Crippen LogP contribution >= 0.6 is 0 Å². The number of amides is 3. The van der Waals surface area contributed by atoms with Crippen molar-refractivity contribution in [2.24, 2.45) is 0 Å². The predicted molar refractivity (Wildman–Crippen MR) is 78.8 cm³/mol. The average molecular weight is 287 g/mol. The number of rotatable bonds is 2. The highest BCUT2D eigenvalue weighted by atomic mass is 16.5. The normalized spacial score (nSPS) is 21.1. The maximum Gasteiger partial charge on any atom is 0.328 e. The van der Waals surface area contributed by atoms with E-state index in [1.807, 2.05) is 24.3 Å². The number of carbonyl (C=O) groups is 2. The largest absolute Gasteiger partial charge is 0.378 e. The van der Waals surface area contributed by atoms with Crippen LogP contribution in [0.2, 0.25) is 0 Å². The zero-order chi connectivity index (χ0) is 14.8. The lowest BCUT2D eigenvalue weighted by atomic mass is 10.1. The van der Waals surface area contributed by atoms with E-state index < -0.39 is 6.03 Å². The number of likely N-dealkylation sites (N-methyl/N-ethyl adjacent to an activating group) is 1. The summed E-state index contributed by atoms with van der Waals surface area (Å²) in [5.74, 6) is -0.308. The number of ether oxygens (including phenoxy) is 1. The third-order valence-electron chi connectivity index (χ3n) is 3.66. The topological polar surface area (TPSA) is 61.9 Å². The number of hydrogen-bond donors (Lipinski definition) is 1. The molecule has 2 fully saturated rings. The second kappa shape index (κ2) is 5.57. The summed E-state index contributed by atoms with van der Waals surface area (Å²) in [5, 5.41) is 2.55. The minimum Gasteiger partial charge on any atom is -0.378 e. The van der Waals surface area contributed by atoms with Gasteiger partial charge in [-0.15, -0.1) is 0 Å². The van der Waals surface area contributed by atoms with Crippen LogP contribution in [-0.4, -0.2) is 50.2 Å². The molecule has 2 aliphatic rings. The number of anilines is 1. The molecule has 110 valence electrons. The highest BCUT2D eigenvalue weighted by molar-refractivity contribution is 6.13. The van der Waals surface area contributed by atoms with Crippen LogP contribution in [0, 0.1) is 0 Å². The molecule has 1 aromatic carbocycles. The first-order chi connectivity index (χ1) is 10.1. The van der Waals surface area contributed by atoms with Crippen molar-refractivity contribution in [1.82, 2.24) is 10.2 Å². The van der Waals surface area contributed by atoms with Gasteiger partial charge in [-0.25, -0.2) is 4.79 Å². The molecule has 1 aromatic rings. The Labute approximate surface area is 123 Å². The Bertz CT molecular complexity index is 589. The number of urea groups is 1. The number of hydrogen-bond acceptors (Lipinski definition) is 4. The molecule has 6 nitrogen and oxygen atoms in total. The lowest BCUT2D eigenvalue weighted by Gasteiger charge is -2.28. The molecule has 0 aliphatic carbocycles. The van der Waals surface area contributed by atoms with E-state index in [4.69, 9.17) is 4.74 Å². The Balaban J connectivity index is 1.75. The van der Waals surface area contributed by atoms with Crippen molar-refractivity contribution in [1.29, 1.82) is 0 Å². The van der Waals surface area contributed by atoms with Gasteiger partial charge in [-0.2, -0.15) is 0 Å². The summed E-state index contributed by atoms with van der Waals surface area (Å²) in [7, 11) is 1.46. The predicted octanol–water partition coefficient (Wildman–Crippen LogP) is 1.05. The minimum absolute atomic E-state index is 0.307. The fraction of sp³-hybridized carbons (Fsp3) is 0.333. The van der Waals surface area contributed by atoms with Gasteiger partial charge in [-0.3, -0.25) is 9.69 Å². The van der Waals surface area contributed by atoms with Crippen molar-refractivity contribution in [3.05, 3.63) is 35.5 Å². The second-order valence-corrected chi connectivity index (χ2v) is 5.04. The summed E-state index contributed by atoms with van der Waals surface area (Å²) in [4.78, 5) is 26.5. The van der Waals surface area contributed by atoms with Crippen LogP contribution in [0.1, 0.15) is 5.56 Å². The number of benzene rings is 1. The number of imide groups is 1. The van der Waals surface area contributed by atoms with E-state index >= 15 is 0 Å². The zero-order valence-electron chi connectivity index (χ0n) is 11.8. The molecule has 6 heteroatoms. The standard InChI is InChI=1S/C15H17N3O3/c1-17-14(19)13(16-15(17)20)10-11-2-4-12(5-3-11)18-6-8-21-9-7-18/h2-5,10H,6-9H2,1H3,(H,16,20)/b13-10+. The SMILES string of the molecule is CN1C(=O)N/C(=C/c2ccc(N3CCOCC3)cc2)C1=O. The van der Waals surface area contributed by atoms with Gasteiger partial charge in [0.1, 0.15) is 5.70 Å². The quantitative estimate of drug-likeness (QED) is 0.652.